The van der Waals surface area contributed by atoms with Crippen LogP contribution < -0.4 is 14.9 Å². The van der Waals surface area contributed by atoms with E-state index >= 15 is 0 Å². The van der Waals surface area contributed by atoms with Gasteiger partial charge in [0.1, 0.15) is 0 Å². The van der Waals surface area contributed by atoms with Gasteiger partial charge in [0, 0.05) is 12.1 Å². The number of carbonyl (C=O) groups excluding carboxylic acids is 3. The zero-order valence-corrected chi connectivity index (χ0v) is 15.8. The largest absolute Gasteiger partial charge is 0.452 e. The topological polar surface area (TPSA) is 122 Å². The molecule has 10 heteroatoms. The Labute approximate surface area is 157 Å². The fourth-order valence-corrected chi connectivity index (χ4v) is 4.33. The van der Waals surface area contributed by atoms with Crippen LogP contribution in [0.4, 0.5) is 10.5 Å². The quantitative estimate of drug-likeness (QED) is 0.702. The molecule has 1 aromatic carbocycles. The Morgan fingerprint density at radius 1 is 1.26 bits per heavy atom. The van der Waals surface area contributed by atoms with Gasteiger partial charge in [-0.1, -0.05) is 0 Å². The molecule has 1 atom stereocenters. The fourth-order valence-electron chi connectivity index (χ4n) is 3.06. The smallest absolute Gasteiger partial charge is 0.338 e. The summed E-state index contributed by atoms with van der Waals surface area (Å²) in [5, 5.41) is 4.68. The van der Waals surface area contributed by atoms with E-state index in [9.17, 15) is 22.8 Å². The molecule has 0 aromatic heterocycles. The Bertz CT molecular complexity index is 894. The number of benzene rings is 1. The van der Waals surface area contributed by atoms with Crippen LogP contribution in [0.5, 0.6) is 0 Å². The van der Waals surface area contributed by atoms with E-state index < -0.39 is 34.5 Å². The van der Waals surface area contributed by atoms with E-state index in [1.807, 2.05) is 0 Å². The van der Waals surface area contributed by atoms with Gasteiger partial charge >= 0.3 is 12.0 Å². The number of imide groups is 1. The molecule has 1 heterocycles. The van der Waals surface area contributed by atoms with Crippen molar-refractivity contribution in [2.75, 3.05) is 17.2 Å². The third kappa shape index (κ3) is 4.57. The maximum Gasteiger partial charge on any atom is 0.338 e. The molecule has 0 bridgehead atoms. The van der Waals surface area contributed by atoms with Crippen LogP contribution in [0.1, 0.15) is 35.7 Å². The molecule has 2 aliphatic rings. The highest BCUT2D eigenvalue weighted by Gasteiger charge is 2.33. The van der Waals surface area contributed by atoms with Gasteiger partial charge in [-0.05, 0) is 49.9 Å². The average Bonchev–Trinajstić information content (AvgIpc) is 3.29. The Morgan fingerprint density at radius 3 is 2.59 bits per heavy atom. The molecule has 1 aromatic rings. The van der Waals surface area contributed by atoms with Crippen molar-refractivity contribution in [3.8, 4) is 0 Å². The standard InChI is InChI=1S/C17H21N3O6S/c1-10-7-12-8-11(3-6-14(12)20(10)27(2,24)25)16(22)26-9-15(21)19-17(23)18-13-4-5-13/h3,6,8,10,13H,4-5,7,9H2,1-2H3,(H2,18,19,21,23)/t10-/m1/s1. The Hall–Kier alpha value is -2.62. The predicted octanol–water partition coefficient (Wildman–Crippen LogP) is 0.542. The van der Waals surface area contributed by atoms with Gasteiger partial charge in [0.05, 0.1) is 17.5 Å². The molecule has 0 saturated heterocycles. The number of carbonyl (C=O) groups is 3. The highest BCUT2D eigenvalue weighted by atomic mass is 32.2. The SMILES string of the molecule is C[C@@H]1Cc2cc(C(=O)OCC(=O)NC(=O)NC3CC3)ccc2N1S(C)(=O)=O. The number of sulfonamides is 1. The lowest BCUT2D eigenvalue weighted by molar-refractivity contribution is -0.123. The lowest BCUT2D eigenvalue weighted by Gasteiger charge is -2.21. The van der Waals surface area contributed by atoms with Crippen molar-refractivity contribution in [3.05, 3.63) is 29.3 Å². The Kier molecular flexibility index (Phi) is 5.09. The van der Waals surface area contributed by atoms with Crippen molar-refractivity contribution in [2.45, 2.75) is 38.3 Å². The molecule has 0 radical (unpaired) electrons. The summed E-state index contributed by atoms with van der Waals surface area (Å²) < 4.78 is 30.1. The number of hydrogen-bond donors (Lipinski definition) is 2. The van der Waals surface area contributed by atoms with Crippen LogP contribution in [0.15, 0.2) is 18.2 Å². The van der Waals surface area contributed by atoms with E-state index in [0.29, 0.717) is 12.1 Å². The van der Waals surface area contributed by atoms with Crippen molar-refractivity contribution in [3.63, 3.8) is 0 Å². The van der Waals surface area contributed by atoms with E-state index in [1.54, 1.807) is 19.1 Å². The predicted molar refractivity (Wildman–Crippen MR) is 96.9 cm³/mol. The van der Waals surface area contributed by atoms with Crippen molar-refractivity contribution in [2.24, 2.45) is 0 Å². The molecule has 146 valence electrons. The lowest BCUT2D eigenvalue weighted by Crippen LogP contribution is -2.42. The molecule has 1 saturated carbocycles. The third-order valence-electron chi connectivity index (χ3n) is 4.33. The number of ether oxygens (including phenoxy) is 1. The number of fused-ring (bicyclic) bond motifs is 1. The summed E-state index contributed by atoms with van der Waals surface area (Å²) in [4.78, 5) is 35.3. The van der Waals surface area contributed by atoms with Crippen LogP contribution in [0, 0.1) is 0 Å². The van der Waals surface area contributed by atoms with E-state index in [4.69, 9.17) is 4.74 Å². The van der Waals surface area contributed by atoms with Gasteiger partial charge in [-0.2, -0.15) is 0 Å². The zero-order valence-electron chi connectivity index (χ0n) is 15.0. The molecule has 2 N–H and O–H groups in total. The first-order valence-corrected chi connectivity index (χ1v) is 10.4. The molecular weight excluding hydrogens is 374 g/mol. The maximum absolute atomic E-state index is 12.1. The molecule has 1 fully saturated rings. The number of amides is 3. The second-order valence-corrected chi connectivity index (χ2v) is 8.69. The minimum atomic E-state index is -3.41. The molecule has 3 amide bonds. The van der Waals surface area contributed by atoms with Crippen LogP contribution >= 0.6 is 0 Å². The number of anilines is 1. The number of hydrogen-bond acceptors (Lipinski definition) is 6. The van der Waals surface area contributed by atoms with Crippen molar-refractivity contribution < 1.29 is 27.5 Å². The van der Waals surface area contributed by atoms with E-state index in [1.165, 1.54) is 10.4 Å². The highest BCUT2D eigenvalue weighted by Crippen LogP contribution is 2.34. The second-order valence-electron chi connectivity index (χ2n) is 6.83. The fraction of sp³-hybridized carbons (Fsp3) is 0.471. The van der Waals surface area contributed by atoms with E-state index in [0.717, 1.165) is 24.7 Å². The number of nitrogens with one attached hydrogen (secondary N) is 2. The molecule has 1 aliphatic carbocycles. The van der Waals surface area contributed by atoms with Crippen molar-refractivity contribution in [1.82, 2.24) is 10.6 Å². The first kappa shape index (κ1) is 19.2. The summed E-state index contributed by atoms with van der Waals surface area (Å²) in [7, 11) is -3.41. The number of rotatable bonds is 5. The van der Waals surface area contributed by atoms with Crippen LogP contribution in [0.2, 0.25) is 0 Å². The minimum Gasteiger partial charge on any atom is -0.452 e. The van der Waals surface area contributed by atoms with Crippen LogP contribution in [-0.4, -0.2) is 51.3 Å². The number of nitrogens with zero attached hydrogens (tertiary/aromatic N) is 1. The van der Waals surface area contributed by atoms with E-state index in [-0.39, 0.29) is 17.6 Å². The summed E-state index contributed by atoms with van der Waals surface area (Å²) in [6.45, 7) is 1.20. The monoisotopic (exact) mass is 395 g/mol. The van der Waals surface area contributed by atoms with Crippen LogP contribution in [0.3, 0.4) is 0 Å². The summed E-state index contributed by atoms with van der Waals surface area (Å²) in [6, 6.07) is 3.84. The van der Waals surface area contributed by atoms with Gasteiger partial charge in [-0.25, -0.2) is 18.0 Å². The summed E-state index contributed by atoms with van der Waals surface area (Å²) in [6.07, 6.45) is 3.40. The Balaban J connectivity index is 1.59. The van der Waals surface area contributed by atoms with Gasteiger partial charge in [0.2, 0.25) is 10.0 Å². The average molecular weight is 395 g/mol. The van der Waals surface area contributed by atoms with Gasteiger partial charge in [-0.15, -0.1) is 0 Å². The van der Waals surface area contributed by atoms with Crippen molar-refractivity contribution in [1.29, 1.82) is 0 Å². The summed E-state index contributed by atoms with van der Waals surface area (Å²) in [5.41, 5.74) is 1.47. The van der Waals surface area contributed by atoms with E-state index in [2.05, 4.69) is 10.6 Å². The molecule has 1 aliphatic heterocycles. The van der Waals surface area contributed by atoms with Gasteiger partial charge in [-0.3, -0.25) is 14.4 Å². The first-order valence-electron chi connectivity index (χ1n) is 8.55. The molecule has 0 spiro atoms. The lowest BCUT2D eigenvalue weighted by atomic mass is 10.1. The third-order valence-corrected chi connectivity index (χ3v) is 5.60. The number of urea groups is 1. The van der Waals surface area contributed by atoms with Crippen LogP contribution in [0.25, 0.3) is 0 Å². The summed E-state index contributed by atoms with van der Waals surface area (Å²) >= 11 is 0. The van der Waals surface area contributed by atoms with Crippen molar-refractivity contribution >= 4 is 33.6 Å². The number of esters is 1. The Morgan fingerprint density at radius 2 is 1.96 bits per heavy atom. The second kappa shape index (κ2) is 7.18. The molecule has 9 nitrogen and oxygen atoms in total. The van der Waals surface area contributed by atoms with Gasteiger partial charge < -0.3 is 10.1 Å². The molecule has 0 unspecified atom stereocenters. The highest BCUT2D eigenvalue weighted by molar-refractivity contribution is 7.92. The summed E-state index contributed by atoms with van der Waals surface area (Å²) in [5.74, 6) is -1.44. The van der Waals surface area contributed by atoms with Gasteiger partial charge in [0.15, 0.2) is 6.61 Å². The normalized spacial score (nSPS) is 18.6. The zero-order chi connectivity index (χ0) is 19.8. The van der Waals surface area contributed by atoms with Gasteiger partial charge in [0.25, 0.3) is 5.91 Å². The van der Waals surface area contributed by atoms with Crippen LogP contribution in [-0.2, 0) is 26.0 Å². The first-order chi connectivity index (χ1) is 12.6. The molecule has 27 heavy (non-hydrogen) atoms. The molecular formula is C17H21N3O6S. The molecule has 3 rings (SSSR count). The maximum atomic E-state index is 12.1. The minimum absolute atomic E-state index is 0.112.